The molecule has 4 rings (SSSR count). The molecule has 1 atom stereocenters. The minimum absolute atomic E-state index is 0.322. The predicted molar refractivity (Wildman–Crippen MR) is 115 cm³/mol. The van der Waals surface area contributed by atoms with Crippen molar-refractivity contribution < 1.29 is 29.1 Å². The van der Waals surface area contributed by atoms with Crippen molar-refractivity contribution in [2.24, 2.45) is 0 Å². The van der Waals surface area contributed by atoms with Gasteiger partial charge in [-0.2, -0.15) is 0 Å². The molecule has 0 bridgehead atoms. The first-order valence-corrected chi connectivity index (χ1v) is 11.0. The Morgan fingerprint density at radius 2 is 1.63 bits per heavy atom. The zero-order valence-electron chi connectivity index (χ0n) is 18.0. The molecule has 1 saturated heterocycles. The molecule has 2 aromatic carbocycles. The first kappa shape index (κ1) is 21.0. The molecule has 3 N–H and O–H groups in total. The molecule has 162 valence electrons. The van der Waals surface area contributed by atoms with E-state index in [1.807, 2.05) is 18.2 Å². The summed E-state index contributed by atoms with van der Waals surface area (Å²) in [6.45, 7) is 11.1. The number of rotatable bonds is 8. The van der Waals surface area contributed by atoms with Crippen LogP contribution in [0.25, 0.3) is 0 Å². The second-order valence-electron chi connectivity index (χ2n) is 8.76. The molecule has 2 aromatic rings. The third kappa shape index (κ3) is 5.45. The van der Waals surface area contributed by atoms with Gasteiger partial charge in [0, 0.05) is 5.56 Å². The van der Waals surface area contributed by atoms with Gasteiger partial charge in [-0.25, -0.2) is 0 Å². The maximum absolute atomic E-state index is 10.4. The normalized spacial score (nSPS) is 21.6. The van der Waals surface area contributed by atoms with E-state index >= 15 is 0 Å². The van der Waals surface area contributed by atoms with E-state index in [0.717, 1.165) is 56.5 Å². The van der Waals surface area contributed by atoms with Crippen LogP contribution >= 0.6 is 0 Å². The number of aliphatic hydroxyl groups is 1. The van der Waals surface area contributed by atoms with Gasteiger partial charge >= 0.3 is 0 Å². The van der Waals surface area contributed by atoms with Crippen LogP contribution in [0.1, 0.15) is 30.9 Å². The topological polar surface area (TPSA) is 56.8 Å². The van der Waals surface area contributed by atoms with Crippen LogP contribution in [0.3, 0.4) is 0 Å². The van der Waals surface area contributed by atoms with Crippen molar-refractivity contribution in [3.63, 3.8) is 0 Å². The number of quaternary nitrogens is 2. The predicted octanol–water partition coefficient (Wildman–Crippen LogP) is 0.262. The summed E-state index contributed by atoms with van der Waals surface area (Å²) in [6, 6.07) is 14.4. The van der Waals surface area contributed by atoms with Crippen LogP contribution in [0.5, 0.6) is 17.2 Å². The number of hydrogen-bond acceptors (Lipinski definition) is 4. The van der Waals surface area contributed by atoms with Crippen molar-refractivity contribution in [3.8, 4) is 17.2 Å². The molecule has 0 unspecified atom stereocenters. The Bertz CT molecular complexity index is 816. The van der Waals surface area contributed by atoms with E-state index in [9.17, 15) is 5.11 Å². The third-order valence-corrected chi connectivity index (χ3v) is 6.07. The molecule has 2 heterocycles. The molecule has 2 aliphatic rings. The van der Waals surface area contributed by atoms with E-state index in [1.54, 1.807) is 4.90 Å². The summed E-state index contributed by atoms with van der Waals surface area (Å²) in [5, 5.41) is 10.4. The molecule has 0 spiro atoms. The SMILES string of the molecule is CC(C)c1ccc(OC[C@@H](O)C[NH+]2CC[NH+](Cc3ccc4c(c3)OCO4)CC2)cc1. The Morgan fingerprint density at radius 1 is 0.933 bits per heavy atom. The van der Waals surface area contributed by atoms with Gasteiger partial charge in [-0.3, -0.25) is 0 Å². The molecular weight excluding hydrogens is 380 g/mol. The van der Waals surface area contributed by atoms with Gasteiger partial charge in [0.2, 0.25) is 6.79 Å². The number of ether oxygens (including phenoxy) is 3. The number of benzene rings is 2. The number of piperazine rings is 1. The highest BCUT2D eigenvalue weighted by Gasteiger charge is 2.26. The maximum Gasteiger partial charge on any atom is 0.231 e. The summed E-state index contributed by atoms with van der Waals surface area (Å²) in [7, 11) is 0. The smallest absolute Gasteiger partial charge is 0.231 e. The summed E-state index contributed by atoms with van der Waals surface area (Å²) in [5.41, 5.74) is 2.59. The fourth-order valence-electron chi connectivity index (χ4n) is 4.21. The van der Waals surface area contributed by atoms with Crippen molar-refractivity contribution in [1.29, 1.82) is 0 Å². The summed E-state index contributed by atoms with van der Waals surface area (Å²) < 4.78 is 16.7. The molecular formula is C24H34N2O4+2. The van der Waals surface area contributed by atoms with Crippen LogP contribution in [-0.2, 0) is 6.54 Å². The molecule has 30 heavy (non-hydrogen) atoms. The lowest BCUT2D eigenvalue weighted by Gasteiger charge is -2.30. The van der Waals surface area contributed by atoms with Gasteiger partial charge in [0.1, 0.15) is 57.7 Å². The highest BCUT2D eigenvalue weighted by atomic mass is 16.7. The Hall–Kier alpha value is -2.28. The molecule has 1 fully saturated rings. The number of aliphatic hydroxyl groups excluding tert-OH is 1. The standard InChI is InChI=1S/C24H32N2O4/c1-18(2)20-4-6-22(7-5-20)28-16-21(27)15-26-11-9-25(10-12-26)14-19-3-8-23-24(13-19)30-17-29-23/h3-8,13,18,21,27H,9-12,14-17H2,1-2H3/p+2/t21-/m0/s1. The van der Waals surface area contributed by atoms with Gasteiger partial charge in [0.25, 0.3) is 0 Å². The number of nitrogens with one attached hydrogen (secondary N) is 2. The van der Waals surface area contributed by atoms with Crippen LogP contribution in [0, 0.1) is 0 Å². The molecule has 0 aliphatic carbocycles. The third-order valence-electron chi connectivity index (χ3n) is 6.07. The van der Waals surface area contributed by atoms with Gasteiger partial charge in [-0.05, 0) is 41.8 Å². The quantitative estimate of drug-likeness (QED) is 0.580. The van der Waals surface area contributed by atoms with E-state index in [-0.39, 0.29) is 0 Å². The van der Waals surface area contributed by atoms with E-state index in [2.05, 4.69) is 38.1 Å². The van der Waals surface area contributed by atoms with Crippen LogP contribution in [0.4, 0.5) is 0 Å². The highest BCUT2D eigenvalue weighted by molar-refractivity contribution is 5.44. The summed E-state index contributed by atoms with van der Waals surface area (Å²) in [6.07, 6.45) is -0.444. The van der Waals surface area contributed by atoms with Gasteiger partial charge in [-0.1, -0.05) is 26.0 Å². The van der Waals surface area contributed by atoms with Crippen LogP contribution in [-0.4, -0.2) is 57.3 Å². The average Bonchev–Trinajstić information content (AvgIpc) is 3.22. The van der Waals surface area contributed by atoms with Crippen molar-refractivity contribution >= 4 is 0 Å². The Kier molecular flexibility index (Phi) is 6.77. The van der Waals surface area contributed by atoms with E-state index in [1.165, 1.54) is 16.0 Å². The van der Waals surface area contributed by atoms with Gasteiger partial charge in [0.15, 0.2) is 11.5 Å². The molecule has 0 aromatic heterocycles. The summed E-state index contributed by atoms with van der Waals surface area (Å²) in [4.78, 5) is 3.03. The van der Waals surface area contributed by atoms with Gasteiger partial charge < -0.3 is 29.1 Å². The van der Waals surface area contributed by atoms with Crippen molar-refractivity contribution in [2.45, 2.75) is 32.4 Å². The largest absolute Gasteiger partial charge is 0.491 e. The summed E-state index contributed by atoms with van der Waals surface area (Å²) >= 11 is 0. The Morgan fingerprint density at radius 3 is 2.37 bits per heavy atom. The van der Waals surface area contributed by atoms with Crippen LogP contribution < -0.4 is 24.0 Å². The lowest BCUT2D eigenvalue weighted by atomic mass is 10.0. The lowest BCUT2D eigenvalue weighted by Crippen LogP contribution is -3.28. The minimum Gasteiger partial charge on any atom is -0.491 e. The first-order chi connectivity index (χ1) is 14.6. The van der Waals surface area contributed by atoms with Crippen LogP contribution in [0.2, 0.25) is 0 Å². The zero-order chi connectivity index (χ0) is 20.9. The Balaban J connectivity index is 1.17. The van der Waals surface area contributed by atoms with Crippen LogP contribution in [0.15, 0.2) is 42.5 Å². The summed E-state index contributed by atoms with van der Waals surface area (Å²) in [5.74, 6) is 3.04. The average molecular weight is 415 g/mol. The van der Waals surface area contributed by atoms with E-state index in [0.29, 0.717) is 19.3 Å². The fraction of sp³-hybridized carbons (Fsp3) is 0.500. The monoisotopic (exact) mass is 414 g/mol. The number of fused-ring (bicyclic) bond motifs is 1. The van der Waals surface area contributed by atoms with Gasteiger partial charge in [-0.15, -0.1) is 0 Å². The highest BCUT2D eigenvalue weighted by Crippen LogP contribution is 2.32. The van der Waals surface area contributed by atoms with E-state index in [4.69, 9.17) is 14.2 Å². The zero-order valence-corrected chi connectivity index (χ0v) is 18.0. The molecule has 6 heteroatoms. The van der Waals surface area contributed by atoms with Crippen molar-refractivity contribution in [2.75, 3.05) is 46.1 Å². The molecule has 0 saturated carbocycles. The van der Waals surface area contributed by atoms with Crippen molar-refractivity contribution in [3.05, 3.63) is 53.6 Å². The van der Waals surface area contributed by atoms with E-state index < -0.39 is 6.10 Å². The van der Waals surface area contributed by atoms with Gasteiger partial charge in [0.05, 0.1) is 0 Å². The first-order valence-electron chi connectivity index (χ1n) is 11.0. The fourth-order valence-corrected chi connectivity index (χ4v) is 4.21. The second-order valence-corrected chi connectivity index (χ2v) is 8.76. The van der Waals surface area contributed by atoms with Crippen molar-refractivity contribution in [1.82, 2.24) is 0 Å². The molecule has 6 nitrogen and oxygen atoms in total. The molecule has 2 aliphatic heterocycles. The molecule has 0 amide bonds. The lowest BCUT2D eigenvalue weighted by molar-refractivity contribution is -1.02. The number of hydrogen-bond donors (Lipinski definition) is 3. The minimum atomic E-state index is -0.444. The maximum atomic E-state index is 10.4. The Labute approximate surface area is 179 Å². The molecule has 0 radical (unpaired) electrons. The second kappa shape index (κ2) is 9.69.